The molecule has 6 aromatic rings. The molecule has 6 rings (SSSR count). The van der Waals surface area contributed by atoms with Crippen LogP contribution in [0.2, 0.25) is 0 Å². The van der Waals surface area contributed by atoms with Crippen molar-refractivity contribution in [2.45, 2.75) is 48.5 Å². The van der Waals surface area contributed by atoms with Gasteiger partial charge in [0.25, 0.3) is 0 Å². The number of rotatable bonds is 6. The SMILES string of the molecule is C/C=C\C.C=CC.C=c1cc(C(C)=O)o/c1=C/C.CC.CNc1csc(-c2cc3cc(Br)cc(OC)c3o2)c1C(=O)O.O=Cc1cc2ccccc2o1. The number of fused-ring (bicyclic) bond motifs is 2. The van der Waals surface area contributed by atoms with Crippen molar-refractivity contribution < 1.29 is 37.5 Å². The number of para-hydroxylation sites is 1. The first-order chi connectivity index (χ1) is 25.4. The van der Waals surface area contributed by atoms with E-state index in [-0.39, 0.29) is 11.3 Å². The van der Waals surface area contributed by atoms with Crippen molar-refractivity contribution in [1.29, 1.82) is 0 Å². The Bertz CT molecular complexity index is 2180. The number of ether oxygens (including phenoxy) is 1. The van der Waals surface area contributed by atoms with Gasteiger partial charge in [-0.3, -0.25) is 9.59 Å². The number of benzene rings is 2. The number of thiophene rings is 1. The molecule has 0 fully saturated rings. The van der Waals surface area contributed by atoms with Crippen molar-refractivity contribution >= 4 is 85.6 Å². The number of nitrogens with one attached hydrogen (secondary N) is 1. The summed E-state index contributed by atoms with van der Waals surface area (Å²) in [6.45, 7) is 20.3. The lowest BCUT2D eigenvalue weighted by Gasteiger charge is -2.01. The molecule has 0 radical (unpaired) electrons. The Morgan fingerprint density at radius 2 is 1.60 bits per heavy atom. The molecule has 0 saturated carbocycles. The highest BCUT2D eigenvalue weighted by Gasteiger charge is 2.22. The van der Waals surface area contributed by atoms with Crippen LogP contribution in [0.15, 0.2) is 103 Å². The summed E-state index contributed by atoms with van der Waals surface area (Å²) in [7, 11) is 3.26. The first-order valence-electron chi connectivity index (χ1n) is 16.6. The molecule has 9 nitrogen and oxygen atoms in total. The molecule has 11 heteroatoms. The summed E-state index contributed by atoms with van der Waals surface area (Å²) in [5, 5.41) is 16.7. The highest BCUT2D eigenvalue weighted by Crippen LogP contribution is 2.41. The van der Waals surface area contributed by atoms with E-state index < -0.39 is 5.97 Å². The number of hydrogen-bond acceptors (Lipinski definition) is 9. The van der Waals surface area contributed by atoms with Crippen LogP contribution in [-0.2, 0) is 0 Å². The Kier molecular flexibility index (Phi) is 20.6. The van der Waals surface area contributed by atoms with Crippen molar-refractivity contribution in [3.05, 3.63) is 117 Å². The maximum Gasteiger partial charge on any atom is 0.339 e. The second kappa shape index (κ2) is 24.0. The maximum absolute atomic E-state index is 11.5. The molecule has 53 heavy (non-hydrogen) atoms. The van der Waals surface area contributed by atoms with E-state index in [2.05, 4.69) is 34.4 Å². The van der Waals surface area contributed by atoms with Crippen molar-refractivity contribution in [2.75, 3.05) is 19.5 Å². The smallest absolute Gasteiger partial charge is 0.339 e. The number of carboxylic acids is 1. The van der Waals surface area contributed by atoms with Gasteiger partial charge in [0.05, 0.1) is 17.7 Å². The van der Waals surface area contributed by atoms with E-state index >= 15 is 0 Å². The number of aromatic carboxylic acids is 1. The monoisotopic (exact) mass is 805 g/mol. The van der Waals surface area contributed by atoms with Gasteiger partial charge in [0.2, 0.25) is 0 Å². The van der Waals surface area contributed by atoms with Gasteiger partial charge in [-0.15, -0.1) is 17.9 Å². The number of anilines is 1. The minimum atomic E-state index is -0.991. The van der Waals surface area contributed by atoms with Crippen LogP contribution >= 0.6 is 27.3 Å². The average Bonchev–Trinajstić information content (AvgIpc) is 3.96. The van der Waals surface area contributed by atoms with E-state index in [1.807, 2.05) is 90.1 Å². The van der Waals surface area contributed by atoms with Crippen molar-refractivity contribution in [2.24, 2.45) is 0 Å². The fourth-order valence-electron chi connectivity index (χ4n) is 4.21. The number of carbonyl (C=O) groups is 3. The third-order valence-electron chi connectivity index (χ3n) is 6.61. The van der Waals surface area contributed by atoms with Crippen LogP contribution in [0.5, 0.6) is 5.75 Å². The molecule has 0 aliphatic heterocycles. The number of ketones is 1. The van der Waals surface area contributed by atoms with Gasteiger partial charge in [-0.25, -0.2) is 4.79 Å². The zero-order valence-corrected chi connectivity index (χ0v) is 34.1. The van der Waals surface area contributed by atoms with Gasteiger partial charge in [-0.2, -0.15) is 0 Å². The summed E-state index contributed by atoms with van der Waals surface area (Å²) < 4.78 is 22.3. The molecule has 0 saturated heterocycles. The Balaban J connectivity index is 0.000000382. The molecule has 0 aliphatic carbocycles. The third kappa shape index (κ3) is 13.3. The number of carboxylic acid groups (broad SMARTS) is 1. The summed E-state index contributed by atoms with van der Waals surface area (Å²) in [5.41, 5.74) is 2.81. The van der Waals surface area contributed by atoms with Crippen LogP contribution in [0, 0.1) is 0 Å². The third-order valence-corrected chi connectivity index (χ3v) is 8.06. The standard InChI is InChI=1S/C15H12BrNO4S.C9H6O2.C9H10O2.C4H8.C3H6.C2H6/c1-17-9-6-22-14(12(9)15(18)19)11-4-7-3-8(16)5-10(20-2)13(7)21-11;10-6-8-5-7-3-1-2-4-9(7)11-8;1-4-8-6(2)5-9(11-8)7(3)10;1-3-4-2;1-3-2;1-2/h3-6,17H,1-2H3,(H,18,19);1-6H;4-5H,2H2,1,3H3;3-4H,1-2H3;3H,1H2,2H3;1-2H3/b;;8-4+;4-3-;;. The number of methoxy groups -OCH3 is 1. The van der Waals surface area contributed by atoms with Crippen molar-refractivity contribution in [1.82, 2.24) is 0 Å². The molecule has 0 unspecified atom stereocenters. The summed E-state index contributed by atoms with van der Waals surface area (Å²) in [4.78, 5) is 33.2. The number of Topliss-reactive ketones (excluding diaryl/α,β-unsaturated/α-hetero) is 1. The number of furan rings is 3. The van der Waals surface area contributed by atoms with Crippen LogP contribution in [0.1, 0.15) is 79.9 Å². The van der Waals surface area contributed by atoms with Gasteiger partial charge in [0.1, 0.15) is 22.3 Å². The zero-order valence-electron chi connectivity index (χ0n) is 31.7. The topological polar surface area (TPSA) is 132 Å². The lowest BCUT2D eigenvalue weighted by atomic mass is 10.2. The normalized spacial score (nSPS) is 10.2. The van der Waals surface area contributed by atoms with Crippen LogP contribution in [0.3, 0.4) is 0 Å². The highest BCUT2D eigenvalue weighted by molar-refractivity contribution is 9.10. The van der Waals surface area contributed by atoms with Crippen LogP contribution in [-0.4, -0.2) is 37.3 Å². The molecule has 0 atom stereocenters. The zero-order chi connectivity index (χ0) is 40.1. The Morgan fingerprint density at radius 3 is 2.08 bits per heavy atom. The Hall–Kier alpha value is -5.39. The molecular formula is C42H48BrNO8S. The van der Waals surface area contributed by atoms with E-state index in [1.54, 1.807) is 49.9 Å². The molecule has 0 bridgehead atoms. The maximum atomic E-state index is 11.5. The van der Waals surface area contributed by atoms with E-state index in [0.29, 0.717) is 50.9 Å². The summed E-state index contributed by atoms with van der Waals surface area (Å²) >= 11 is 4.74. The fourth-order valence-corrected chi connectivity index (χ4v) is 5.66. The van der Waals surface area contributed by atoms with Gasteiger partial charge in [-0.1, -0.05) is 72.8 Å². The number of carbonyl (C=O) groups excluding carboxylic acids is 2. The van der Waals surface area contributed by atoms with E-state index in [9.17, 15) is 19.5 Å². The molecule has 2 N–H and O–H groups in total. The van der Waals surface area contributed by atoms with Gasteiger partial charge in [-0.05, 0) is 70.2 Å². The predicted molar refractivity (Wildman–Crippen MR) is 223 cm³/mol. The van der Waals surface area contributed by atoms with E-state index in [4.69, 9.17) is 18.0 Å². The molecule has 0 aliphatic rings. The lowest BCUT2D eigenvalue weighted by molar-refractivity contribution is 0.0698. The quantitative estimate of drug-likeness (QED) is 0.0959. The number of halogens is 1. The fraction of sp³-hybridized carbons (Fsp3) is 0.214. The minimum absolute atomic E-state index is 0.0667. The molecule has 2 aromatic carbocycles. The summed E-state index contributed by atoms with van der Waals surface area (Å²) in [6.07, 6.45) is 8.24. The van der Waals surface area contributed by atoms with Gasteiger partial charge in [0, 0.05) is 39.8 Å². The lowest BCUT2D eigenvalue weighted by Crippen LogP contribution is -2.15. The molecule has 0 spiro atoms. The number of allylic oxidation sites excluding steroid dienone is 3. The molecular weight excluding hydrogens is 758 g/mol. The molecule has 4 heterocycles. The summed E-state index contributed by atoms with van der Waals surface area (Å²) in [6, 6.07) is 16.4. The first kappa shape index (κ1) is 45.6. The first-order valence-corrected chi connectivity index (χ1v) is 18.2. The Morgan fingerprint density at radius 1 is 0.962 bits per heavy atom. The van der Waals surface area contributed by atoms with Gasteiger partial charge in [0.15, 0.2) is 34.9 Å². The molecule has 4 aromatic heterocycles. The number of hydrogen-bond donors (Lipinski definition) is 2. The molecule has 0 amide bonds. The Labute approximate surface area is 323 Å². The van der Waals surface area contributed by atoms with E-state index in [1.165, 1.54) is 18.3 Å². The predicted octanol–water partition coefficient (Wildman–Crippen LogP) is 11.4. The summed E-state index contributed by atoms with van der Waals surface area (Å²) in [5.74, 6) is 0.805. The van der Waals surface area contributed by atoms with Crippen molar-refractivity contribution in [3.8, 4) is 16.4 Å². The van der Waals surface area contributed by atoms with Gasteiger partial charge < -0.3 is 28.4 Å². The average molecular weight is 807 g/mol. The molecule has 282 valence electrons. The largest absolute Gasteiger partial charge is 0.493 e. The highest BCUT2D eigenvalue weighted by atomic mass is 79.9. The van der Waals surface area contributed by atoms with Crippen LogP contribution in [0.4, 0.5) is 5.69 Å². The van der Waals surface area contributed by atoms with Gasteiger partial charge >= 0.3 is 5.97 Å². The van der Waals surface area contributed by atoms with Crippen LogP contribution in [0.25, 0.3) is 45.2 Å². The second-order valence-electron chi connectivity index (χ2n) is 10.3. The number of aldehydes is 1. The van der Waals surface area contributed by atoms with Crippen molar-refractivity contribution in [3.63, 3.8) is 0 Å². The van der Waals surface area contributed by atoms with Crippen LogP contribution < -0.4 is 20.7 Å². The second-order valence-corrected chi connectivity index (χ2v) is 12.1. The minimum Gasteiger partial charge on any atom is -0.493 e. The van der Waals surface area contributed by atoms with E-state index in [0.717, 1.165) is 26.0 Å².